The van der Waals surface area contributed by atoms with Crippen LogP contribution in [-0.2, 0) is 4.79 Å². The Morgan fingerprint density at radius 2 is 2.27 bits per heavy atom. The number of rotatable bonds is 3. The molecule has 1 rings (SSSR count). The van der Waals surface area contributed by atoms with Crippen molar-refractivity contribution in [2.75, 3.05) is 13.1 Å². The molecule has 1 N–H and O–H groups in total. The Kier molecular flexibility index (Phi) is 2.49. The van der Waals surface area contributed by atoms with E-state index in [-0.39, 0.29) is 6.04 Å². The lowest BCUT2D eigenvalue weighted by Gasteiger charge is -2.40. The zero-order chi connectivity index (χ0) is 8.43. The van der Waals surface area contributed by atoms with Crippen LogP contribution >= 0.6 is 0 Å². The molecule has 1 unspecified atom stereocenters. The molecule has 1 fully saturated rings. The number of aliphatic carboxylic acids is 1. The minimum Gasteiger partial charge on any atom is -0.480 e. The van der Waals surface area contributed by atoms with Crippen LogP contribution < -0.4 is 0 Å². The Morgan fingerprint density at radius 1 is 1.73 bits per heavy atom. The second kappa shape index (κ2) is 3.22. The predicted octanol–water partition coefficient (Wildman–Crippen LogP) is 0.801. The average molecular weight is 157 g/mol. The molecule has 0 saturated carbocycles. The summed E-state index contributed by atoms with van der Waals surface area (Å²) in [5, 5.41) is 8.75. The van der Waals surface area contributed by atoms with E-state index in [1.165, 1.54) is 0 Å². The lowest BCUT2D eigenvalue weighted by molar-refractivity contribution is -0.146. The van der Waals surface area contributed by atoms with E-state index in [1.54, 1.807) is 0 Å². The molecule has 0 bridgehead atoms. The lowest BCUT2D eigenvalue weighted by Crippen LogP contribution is -2.53. The first-order chi connectivity index (χ1) is 5.15. The van der Waals surface area contributed by atoms with Crippen LogP contribution in [0.1, 0.15) is 20.3 Å². The molecule has 1 atom stereocenters. The van der Waals surface area contributed by atoms with Crippen molar-refractivity contribution >= 4 is 5.97 Å². The van der Waals surface area contributed by atoms with Gasteiger partial charge < -0.3 is 5.11 Å². The predicted molar refractivity (Wildman–Crippen MR) is 42.5 cm³/mol. The van der Waals surface area contributed by atoms with Crippen LogP contribution in [0, 0.1) is 5.92 Å². The van der Waals surface area contributed by atoms with Gasteiger partial charge in [0, 0.05) is 13.1 Å². The van der Waals surface area contributed by atoms with Crippen LogP contribution in [0.25, 0.3) is 0 Å². The molecule has 0 amide bonds. The zero-order valence-corrected chi connectivity index (χ0v) is 7.08. The largest absolute Gasteiger partial charge is 0.480 e. The van der Waals surface area contributed by atoms with Crippen LogP contribution in [0.15, 0.2) is 0 Å². The van der Waals surface area contributed by atoms with Crippen molar-refractivity contribution in [3.63, 3.8) is 0 Å². The van der Waals surface area contributed by atoms with Crippen molar-refractivity contribution < 1.29 is 9.90 Å². The molecule has 3 nitrogen and oxygen atoms in total. The van der Waals surface area contributed by atoms with Gasteiger partial charge in [0.05, 0.1) is 0 Å². The van der Waals surface area contributed by atoms with Crippen LogP contribution in [0.2, 0.25) is 0 Å². The van der Waals surface area contributed by atoms with Gasteiger partial charge in [0.15, 0.2) is 0 Å². The molecule has 0 radical (unpaired) electrons. The van der Waals surface area contributed by atoms with Crippen LogP contribution in [0.3, 0.4) is 0 Å². The third-order valence-electron chi connectivity index (χ3n) is 2.20. The number of carboxylic acids is 1. The average Bonchev–Trinajstić information content (AvgIpc) is 1.85. The molecule has 1 aliphatic heterocycles. The highest BCUT2D eigenvalue weighted by atomic mass is 16.4. The summed E-state index contributed by atoms with van der Waals surface area (Å²) >= 11 is 0. The van der Waals surface area contributed by atoms with E-state index < -0.39 is 5.97 Å². The molecule has 1 aliphatic rings. The maximum absolute atomic E-state index is 10.6. The van der Waals surface area contributed by atoms with E-state index >= 15 is 0 Å². The van der Waals surface area contributed by atoms with Gasteiger partial charge in [0.1, 0.15) is 6.04 Å². The fourth-order valence-electron chi connectivity index (χ4n) is 1.59. The summed E-state index contributed by atoms with van der Waals surface area (Å²) in [7, 11) is 0. The fraction of sp³-hybridized carbons (Fsp3) is 0.875. The van der Waals surface area contributed by atoms with Crippen molar-refractivity contribution in [1.29, 1.82) is 0 Å². The normalized spacial score (nSPS) is 22.7. The van der Waals surface area contributed by atoms with E-state index in [2.05, 4.69) is 6.92 Å². The second-order valence-corrected chi connectivity index (χ2v) is 3.32. The Labute approximate surface area is 67.0 Å². The topological polar surface area (TPSA) is 40.5 Å². The van der Waals surface area contributed by atoms with Crippen molar-refractivity contribution in [3.8, 4) is 0 Å². The van der Waals surface area contributed by atoms with Crippen molar-refractivity contribution in [3.05, 3.63) is 0 Å². The van der Waals surface area contributed by atoms with E-state index in [0.29, 0.717) is 12.3 Å². The van der Waals surface area contributed by atoms with Crippen molar-refractivity contribution in [2.45, 2.75) is 26.3 Å². The Morgan fingerprint density at radius 3 is 2.55 bits per heavy atom. The molecule has 0 spiro atoms. The summed E-state index contributed by atoms with van der Waals surface area (Å²) in [6.45, 7) is 5.96. The lowest BCUT2D eigenvalue weighted by atomic mass is 9.99. The van der Waals surface area contributed by atoms with Crippen LogP contribution in [-0.4, -0.2) is 35.1 Å². The van der Waals surface area contributed by atoms with Gasteiger partial charge in [0.2, 0.25) is 0 Å². The van der Waals surface area contributed by atoms with Gasteiger partial charge >= 0.3 is 5.97 Å². The quantitative estimate of drug-likeness (QED) is 0.658. The van der Waals surface area contributed by atoms with Gasteiger partial charge in [-0.1, -0.05) is 13.8 Å². The van der Waals surface area contributed by atoms with Gasteiger partial charge in [0.25, 0.3) is 0 Å². The van der Waals surface area contributed by atoms with Crippen LogP contribution in [0.5, 0.6) is 0 Å². The summed E-state index contributed by atoms with van der Waals surface area (Å²) in [6.07, 6.45) is 0.710. The van der Waals surface area contributed by atoms with E-state index in [4.69, 9.17) is 5.11 Å². The summed E-state index contributed by atoms with van der Waals surface area (Å²) in [4.78, 5) is 12.7. The van der Waals surface area contributed by atoms with Crippen molar-refractivity contribution in [1.82, 2.24) is 4.90 Å². The second-order valence-electron chi connectivity index (χ2n) is 3.32. The molecule has 1 heterocycles. The summed E-state index contributed by atoms with van der Waals surface area (Å²) in [6, 6.07) is -0.244. The highest BCUT2D eigenvalue weighted by Crippen LogP contribution is 2.19. The summed E-state index contributed by atoms with van der Waals surface area (Å²) < 4.78 is 0. The van der Waals surface area contributed by atoms with Gasteiger partial charge in [-0.2, -0.15) is 0 Å². The van der Waals surface area contributed by atoms with E-state index in [9.17, 15) is 4.79 Å². The van der Waals surface area contributed by atoms with Gasteiger partial charge in [-0.05, 0) is 12.3 Å². The molecule has 11 heavy (non-hydrogen) atoms. The molecular weight excluding hydrogens is 142 g/mol. The maximum atomic E-state index is 10.6. The van der Waals surface area contributed by atoms with Crippen LogP contribution in [0.4, 0.5) is 0 Å². The molecule has 64 valence electrons. The molecular formula is C8H15NO2. The van der Waals surface area contributed by atoms with E-state index in [1.807, 2.05) is 11.8 Å². The monoisotopic (exact) mass is 157 g/mol. The standard InChI is InChI=1S/C8H15NO2/c1-3-7(8(10)11)9-4-6(2)5-9/h6-7H,3-5H2,1-2H3,(H,10,11). The Hall–Kier alpha value is -0.570. The first-order valence-corrected chi connectivity index (χ1v) is 4.12. The SMILES string of the molecule is CCC(C(=O)O)N1CC(C)C1. The number of carboxylic acid groups (broad SMARTS) is 1. The smallest absolute Gasteiger partial charge is 0.320 e. The molecule has 0 aromatic carbocycles. The summed E-state index contributed by atoms with van der Waals surface area (Å²) in [5.74, 6) is 0.00259. The number of likely N-dealkylation sites (tertiary alicyclic amines) is 1. The minimum atomic E-state index is -0.681. The van der Waals surface area contributed by atoms with E-state index in [0.717, 1.165) is 13.1 Å². The molecule has 1 saturated heterocycles. The number of hydrogen-bond donors (Lipinski definition) is 1. The zero-order valence-electron chi connectivity index (χ0n) is 7.08. The third-order valence-corrected chi connectivity index (χ3v) is 2.20. The number of hydrogen-bond acceptors (Lipinski definition) is 2. The third kappa shape index (κ3) is 1.71. The molecule has 0 aromatic rings. The minimum absolute atomic E-state index is 0.244. The maximum Gasteiger partial charge on any atom is 0.320 e. The highest BCUT2D eigenvalue weighted by Gasteiger charge is 2.32. The Bertz CT molecular complexity index is 152. The molecule has 3 heteroatoms. The summed E-state index contributed by atoms with van der Waals surface area (Å²) in [5.41, 5.74) is 0. The number of carbonyl (C=O) groups is 1. The van der Waals surface area contributed by atoms with Gasteiger partial charge in [-0.3, -0.25) is 9.69 Å². The molecule has 0 aromatic heterocycles. The van der Waals surface area contributed by atoms with Gasteiger partial charge in [-0.25, -0.2) is 0 Å². The first kappa shape index (κ1) is 8.53. The highest BCUT2D eigenvalue weighted by molar-refractivity contribution is 5.73. The van der Waals surface area contributed by atoms with Gasteiger partial charge in [-0.15, -0.1) is 0 Å². The fourth-order valence-corrected chi connectivity index (χ4v) is 1.59. The first-order valence-electron chi connectivity index (χ1n) is 4.12. The number of nitrogens with zero attached hydrogens (tertiary/aromatic N) is 1. The van der Waals surface area contributed by atoms with Crippen molar-refractivity contribution in [2.24, 2.45) is 5.92 Å². The Balaban J connectivity index is 2.38. The molecule has 0 aliphatic carbocycles.